The molecule has 0 aromatic heterocycles. The topological polar surface area (TPSA) is 74.6 Å². The van der Waals surface area contributed by atoms with E-state index >= 15 is 0 Å². The van der Waals surface area contributed by atoms with Crippen LogP contribution in [0, 0.1) is 0 Å². The molecule has 0 aliphatic carbocycles. The molecule has 0 atom stereocenters. The van der Waals surface area contributed by atoms with Crippen molar-refractivity contribution in [3.05, 3.63) is 12.2 Å². The maximum atomic E-state index is 12.0. The van der Waals surface area contributed by atoms with E-state index in [-0.39, 0.29) is 12.2 Å². The van der Waals surface area contributed by atoms with Crippen LogP contribution in [0.1, 0.15) is 0 Å². The minimum atomic E-state index is -4.11. The van der Waals surface area contributed by atoms with Gasteiger partial charge in [0.1, 0.15) is 0 Å². The molecular formula is C5H4F2O4. The van der Waals surface area contributed by atoms with Gasteiger partial charge in [-0.1, -0.05) is 0 Å². The Bertz CT molecular complexity index is 209. The van der Waals surface area contributed by atoms with Gasteiger partial charge in [-0.2, -0.15) is 8.78 Å². The van der Waals surface area contributed by atoms with Crippen LogP contribution in [0.25, 0.3) is 0 Å². The summed E-state index contributed by atoms with van der Waals surface area (Å²) in [4.78, 5) is 19.3. The molecule has 0 spiro atoms. The molecule has 0 aromatic rings. The van der Waals surface area contributed by atoms with Crippen LogP contribution in [-0.2, 0) is 9.59 Å². The van der Waals surface area contributed by atoms with E-state index in [1.54, 1.807) is 0 Å². The maximum absolute atomic E-state index is 12.0. The number of aliphatic carboxylic acids is 2. The van der Waals surface area contributed by atoms with E-state index in [2.05, 4.69) is 0 Å². The number of carboxylic acids is 2. The van der Waals surface area contributed by atoms with Gasteiger partial charge in [-0.3, -0.25) is 0 Å². The largest absolute Gasteiger partial charge is 0.478 e. The molecule has 0 aromatic carbocycles. The van der Waals surface area contributed by atoms with Crippen molar-refractivity contribution in [2.45, 2.75) is 5.92 Å². The highest BCUT2D eigenvalue weighted by molar-refractivity contribution is 5.83. The van der Waals surface area contributed by atoms with Crippen LogP contribution in [0.3, 0.4) is 0 Å². The third-order valence-electron chi connectivity index (χ3n) is 0.720. The summed E-state index contributed by atoms with van der Waals surface area (Å²) >= 11 is 0. The van der Waals surface area contributed by atoms with Crippen LogP contribution in [0.5, 0.6) is 0 Å². The minimum absolute atomic E-state index is 0.0775. The van der Waals surface area contributed by atoms with E-state index in [0.717, 1.165) is 0 Å². The molecule has 0 aliphatic heterocycles. The molecule has 0 rings (SSSR count). The van der Waals surface area contributed by atoms with E-state index in [1.807, 2.05) is 0 Å². The lowest BCUT2D eigenvalue weighted by Gasteiger charge is -2.02. The van der Waals surface area contributed by atoms with Crippen molar-refractivity contribution in [2.75, 3.05) is 0 Å². The number of alkyl halides is 2. The van der Waals surface area contributed by atoms with Crippen LogP contribution >= 0.6 is 0 Å². The van der Waals surface area contributed by atoms with Gasteiger partial charge in [-0.25, -0.2) is 9.59 Å². The van der Waals surface area contributed by atoms with Crippen LogP contribution in [0.15, 0.2) is 12.2 Å². The summed E-state index contributed by atoms with van der Waals surface area (Å²) in [6.07, 6.45) is -0.119. The Balaban J connectivity index is 4.35. The Hall–Kier alpha value is -1.46. The standard InChI is InChI=1S/C5H4F2O4/c6-5(7,4(10)11)2-1-3(8)9/h1-2H,(H,8,9)(H,10,11). The summed E-state index contributed by atoms with van der Waals surface area (Å²) in [5, 5.41) is 15.6. The molecule has 0 amide bonds. The molecule has 0 bridgehead atoms. The molecule has 0 saturated carbocycles. The lowest BCUT2D eigenvalue weighted by molar-refractivity contribution is -0.158. The molecule has 0 aliphatic rings. The summed E-state index contributed by atoms with van der Waals surface area (Å²) in [5.41, 5.74) is 0. The fourth-order valence-corrected chi connectivity index (χ4v) is 0.247. The molecule has 11 heavy (non-hydrogen) atoms. The second kappa shape index (κ2) is 3.09. The van der Waals surface area contributed by atoms with Gasteiger partial charge in [0.05, 0.1) is 0 Å². The number of hydrogen-bond donors (Lipinski definition) is 2. The highest BCUT2D eigenvalue weighted by Crippen LogP contribution is 2.14. The van der Waals surface area contributed by atoms with Gasteiger partial charge in [-0.05, 0) is 0 Å². The van der Waals surface area contributed by atoms with Gasteiger partial charge in [0.25, 0.3) is 0 Å². The lowest BCUT2D eigenvalue weighted by Crippen LogP contribution is -2.25. The van der Waals surface area contributed by atoms with Crippen molar-refractivity contribution >= 4 is 11.9 Å². The molecule has 6 heteroatoms. The Morgan fingerprint density at radius 1 is 1.27 bits per heavy atom. The number of carboxylic acid groups (broad SMARTS) is 2. The molecule has 62 valence electrons. The SMILES string of the molecule is O=C(O)C=CC(F)(F)C(=O)O. The number of carbonyl (C=O) groups is 2. The van der Waals surface area contributed by atoms with Crippen LogP contribution in [-0.4, -0.2) is 28.1 Å². The van der Waals surface area contributed by atoms with E-state index in [0.29, 0.717) is 0 Å². The molecule has 2 N–H and O–H groups in total. The van der Waals surface area contributed by atoms with Gasteiger partial charge in [0.2, 0.25) is 0 Å². The quantitative estimate of drug-likeness (QED) is 0.593. The number of halogens is 2. The minimum Gasteiger partial charge on any atom is -0.478 e. The first kappa shape index (κ1) is 9.54. The second-order valence-electron chi connectivity index (χ2n) is 1.60. The predicted octanol–water partition coefficient (Wildman–Crippen LogP) is 0.347. The highest BCUT2D eigenvalue weighted by atomic mass is 19.3. The van der Waals surface area contributed by atoms with Gasteiger partial charge < -0.3 is 10.2 Å². The van der Waals surface area contributed by atoms with E-state index in [4.69, 9.17) is 10.2 Å². The van der Waals surface area contributed by atoms with Crippen molar-refractivity contribution in [3.8, 4) is 0 Å². The van der Waals surface area contributed by atoms with E-state index < -0.39 is 17.9 Å². The molecule has 4 nitrogen and oxygen atoms in total. The fraction of sp³-hybridized carbons (Fsp3) is 0.200. The fourth-order valence-electron chi connectivity index (χ4n) is 0.247. The number of hydrogen-bond acceptors (Lipinski definition) is 2. The van der Waals surface area contributed by atoms with E-state index in [9.17, 15) is 18.4 Å². The first-order valence-corrected chi connectivity index (χ1v) is 2.39. The summed E-state index contributed by atoms with van der Waals surface area (Å²) in [5.74, 6) is -8.11. The summed E-state index contributed by atoms with van der Waals surface area (Å²) in [6.45, 7) is 0. The third kappa shape index (κ3) is 3.29. The second-order valence-corrected chi connectivity index (χ2v) is 1.60. The highest BCUT2D eigenvalue weighted by Gasteiger charge is 2.35. The van der Waals surface area contributed by atoms with Crippen LogP contribution in [0.2, 0.25) is 0 Å². The number of rotatable bonds is 3. The zero-order valence-electron chi connectivity index (χ0n) is 5.12. The van der Waals surface area contributed by atoms with E-state index in [1.165, 1.54) is 0 Å². The normalized spacial score (nSPS) is 11.8. The monoisotopic (exact) mass is 166 g/mol. The first-order chi connectivity index (χ1) is 4.86. The molecule has 0 unspecified atom stereocenters. The van der Waals surface area contributed by atoms with Crippen molar-refractivity contribution in [1.82, 2.24) is 0 Å². The van der Waals surface area contributed by atoms with Crippen molar-refractivity contribution in [3.63, 3.8) is 0 Å². The Morgan fingerprint density at radius 3 is 2.00 bits per heavy atom. The van der Waals surface area contributed by atoms with Crippen molar-refractivity contribution in [2.24, 2.45) is 0 Å². The lowest BCUT2D eigenvalue weighted by atomic mass is 10.3. The molecule has 0 heterocycles. The van der Waals surface area contributed by atoms with Gasteiger partial charge in [0.15, 0.2) is 0 Å². The predicted molar refractivity (Wildman–Crippen MR) is 29.4 cm³/mol. The Labute approximate surface area is 59.8 Å². The molecule has 0 radical (unpaired) electrons. The smallest absolute Gasteiger partial charge is 0.378 e. The van der Waals surface area contributed by atoms with Crippen LogP contribution < -0.4 is 0 Å². The summed E-state index contributed by atoms with van der Waals surface area (Å²) < 4.78 is 23.9. The summed E-state index contributed by atoms with van der Waals surface area (Å²) in [6, 6.07) is 0. The zero-order valence-corrected chi connectivity index (χ0v) is 5.12. The van der Waals surface area contributed by atoms with Crippen molar-refractivity contribution < 1.29 is 28.6 Å². The average molecular weight is 166 g/mol. The average Bonchev–Trinajstić information content (AvgIpc) is 1.84. The molecule has 0 fully saturated rings. The maximum Gasteiger partial charge on any atom is 0.378 e. The Morgan fingerprint density at radius 2 is 1.73 bits per heavy atom. The molecule has 0 saturated heterocycles. The molecular weight excluding hydrogens is 162 g/mol. The Kier molecular flexibility index (Phi) is 2.68. The first-order valence-electron chi connectivity index (χ1n) is 2.39. The van der Waals surface area contributed by atoms with Crippen LogP contribution in [0.4, 0.5) is 8.78 Å². The van der Waals surface area contributed by atoms with Gasteiger partial charge >= 0.3 is 17.9 Å². The van der Waals surface area contributed by atoms with Crippen molar-refractivity contribution in [1.29, 1.82) is 0 Å². The zero-order chi connectivity index (χ0) is 9.07. The van der Waals surface area contributed by atoms with Gasteiger partial charge in [0, 0.05) is 12.2 Å². The third-order valence-corrected chi connectivity index (χ3v) is 0.720. The van der Waals surface area contributed by atoms with Gasteiger partial charge in [-0.15, -0.1) is 0 Å². The summed E-state index contributed by atoms with van der Waals surface area (Å²) in [7, 11) is 0.